The summed E-state index contributed by atoms with van der Waals surface area (Å²) < 4.78 is 10.8. The second-order valence-electron chi connectivity index (χ2n) is 4.06. The Hall–Kier alpha value is -3.14. The number of nitrogens with zero attached hydrogens (tertiary/aromatic N) is 3. The number of hydrogen-bond donors (Lipinski definition) is 1. The van der Waals surface area contributed by atoms with Crippen molar-refractivity contribution in [3.05, 3.63) is 42.4 Å². The molecule has 0 radical (unpaired) electrons. The molecule has 0 saturated carbocycles. The number of primary amides is 1. The number of benzene rings is 1. The molecule has 0 saturated heterocycles. The average molecular weight is 284 g/mol. The maximum Gasteiger partial charge on any atom is 0.258 e. The van der Waals surface area contributed by atoms with Crippen LogP contribution >= 0.6 is 0 Å². The SMILES string of the molecule is CC(Oc1ccc(Oc2nccnc2C#N)cc1)C(N)=O. The van der Waals surface area contributed by atoms with Crippen LogP contribution in [0.15, 0.2) is 36.7 Å². The first-order valence-corrected chi connectivity index (χ1v) is 6.05. The predicted octanol–water partition coefficient (Wildman–Crippen LogP) is 1.39. The van der Waals surface area contributed by atoms with E-state index in [0.29, 0.717) is 11.5 Å². The monoisotopic (exact) mass is 284 g/mol. The highest BCUT2D eigenvalue weighted by Gasteiger charge is 2.11. The molecule has 0 aliphatic carbocycles. The van der Waals surface area contributed by atoms with Gasteiger partial charge in [0.05, 0.1) is 0 Å². The highest BCUT2D eigenvalue weighted by atomic mass is 16.5. The van der Waals surface area contributed by atoms with Crippen molar-refractivity contribution in [1.29, 1.82) is 5.26 Å². The van der Waals surface area contributed by atoms with E-state index in [-0.39, 0.29) is 11.6 Å². The summed E-state index contributed by atoms with van der Waals surface area (Å²) in [6.45, 7) is 1.56. The van der Waals surface area contributed by atoms with Crippen molar-refractivity contribution in [2.75, 3.05) is 0 Å². The zero-order valence-electron chi connectivity index (χ0n) is 11.2. The van der Waals surface area contributed by atoms with Gasteiger partial charge in [-0.2, -0.15) is 5.26 Å². The predicted molar refractivity (Wildman–Crippen MR) is 72.5 cm³/mol. The zero-order valence-corrected chi connectivity index (χ0v) is 11.2. The molecule has 7 nitrogen and oxygen atoms in total. The van der Waals surface area contributed by atoms with Crippen LogP contribution in [-0.4, -0.2) is 22.0 Å². The van der Waals surface area contributed by atoms with Gasteiger partial charge in [-0.1, -0.05) is 0 Å². The molecule has 0 fully saturated rings. The summed E-state index contributed by atoms with van der Waals surface area (Å²) in [5.74, 6) is 0.520. The van der Waals surface area contributed by atoms with E-state index < -0.39 is 12.0 Å². The van der Waals surface area contributed by atoms with E-state index in [4.69, 9.17) is 20.5 Å². The van der Waals surface area contributed by atoms with Crippen molar-refractivity contribution in [1.82, 2.24) is 9.97 Å². The third-order valence-corrected chi connectivity index (χ3v) is 2.52. The third kappa shape index (κ3) is 3.67. The van der Waals surface area contributed by atoms with Crippen molar-refractivity contribution in [2.24, 2.45) is 5.73 Å². The summed E-state index contributed by atoms with van der Waals surface area (Å²) in [5, 5.41) is 8.90. The van der Waals surface area contributed by atoms with E-state index in [1.807, 2.05) is 6.07 Å². The molecule has 2 N–H and O–H groups in total. The van der Waals surface area contributed by atoms with Crippen LogP contribution in [-0.2, 0) is 4.79 Å². The molecule has 0 aliphatic heterocycles. The lowest BCUT2D eigenvalue weighted by atomic mass is 10.3. The number of carbonyl (C=O) groups is 1. The second kappa shape index (κ2) is 6.34. The molecule has 2 rings (SSSR count). The summed E-state index contributed by atoms with van der Waals surface area (Å²) in [6, 6.07) is 8.38. The molecule has 7 heteroatoms. The molecule has 21 heavy (non-hydrogen) atoms. The summed E-state index contributed by atoms with van der Waals surface area (Å²) >= 11 is 0. The molecular formula is C14H12N4O3. The largest absolute Gasteiger partial charge is 0.481 e. The Morgan fingerprint density at radius 1 is 1.24 bits per heavy atom. The van der Waals surface area contributed by atoms with Gasteiger partial charge in [0.2, 0.25) is 5.69 Å². The van der Waals surface area contributed by atoms with Gasteiger partial charge in [-0.15, -0.1) is 0 Å². The molecular weight excluding hydrogens is 272 g/mol. The van der Waals surface area contributed by atoms with Crippen LogP contribution in [0.1, 0.15) is 12.6 Å². The van der Waals surface area contributed by atoms with Crippen molar-refractivity contribution < 1.29 is 14.3 Å². The van der Waals surface area contributed by atoms with E-state index >= 15 is 0 Å². The highest BCUT2D eigenvalue weighted by Crippen LogP contribution is 2.24. The van der Waals surface area contributed by atoms with Crippen molar-refractivity contribution in [2.45, 2.75) is 13.0 Å². The Morgan fingerprint density at radius 2 is 1.86 bits per heavy atom. The molecule has 1 amide bonds. The highest BCUT2D eigenvalue weighted by molar-refractivity contribution is 5.78. The van der Waals surface area contributed by atoms with Gasteiger partial charge in [0.25, 0.3) is 11.8 Å². The van der Waals surface area contributed by atoms with Crippen LogP contribution < -0.4 is 15.2 Å². The van der Waals surface area contributed by atoms with Crippen LogP contribution in [0.3, 0.4) is 0 Å². The first-order chi connectivity index (χ1) is 10.1. The number of nitrogens with two attached hydrogens (primary N) is 1. The molecule has 0 spiro atoms. The number of amides is 1. The zero-order chi connectivity index (χ0) is 15.2. The molecule has 1 aromatic carbocycles. The summed E-state index contributed by atoms with van der Waals surface area (Å²) in [7, 11) is 0. The van der Waals surface area contributed by atoms with Gasteiger partial charge in [0, 0.05) is 12.4 Å². The summed E-state index contributed by atoms with van der Waals surface area (Å²) in [6.07, 6.45) is 2.12. The second-order valence-corrected chi connectivity index (χ2v) is 4.06. The average Bonchev–Trinajstić information content (AvgIpc) is 2.49. The lowest BCUT2D eigenvalue weighted by Gasteiger charge is -2.11. The summed E-state index contributed by atoms with van der Waals surface area (Å²) in [4.78, 5) is 18.7. The van der Waals surface area contributed by atoms with Crippen LogP contribution in [0.4, 0.5) is 0 Å². The number of aromatic nitrogens is 2. The molecule has 1 unspecified atom stereocenters. The molecule has 1 atom stereocenters. The number of hydrogen-bond acceptors (Lipinski definition) is 6. The Balaban J connectivity index is 2.09. The molecule has 106 valence electrons. The molecule has 0 bridgehead atoms. The minimum atomic E-state index is -0.720. The van der Waals surface area contributed by atoms with Crippen LogP contribution in [0.5, 0.6) is 17.4 Å². The summed E-state index contributed by atoms with van der Waals surface area (Å²) in [5.41, 5.74) is 5.21. The van der Waals surface area contributed by atoms with Gasteiger partial charge in [-0.25, -0.2) is 9.97 Å². The fourth-order valence-corrected chi connectivity index (χ4v) is 1.44. The van der Waals surface area contributed by atoms with Crippen LogP contribution in [0.2, 0.25) is 0 Å². The van der Waals surface area contributed by atoms with Crippen molar-refractivity contribution in [3.63, 3.8) is 0 Å². The quantitative estimate of drug-likeness (QED) is 0.888. The Kier molecular flexibility index (Phi) is 4.31. The fraction of sp³-hybridized carbons (Fsp3) is 0.143. The van der Waals surface area contributed by atoms with E-state index in [2.05, 4.69) is 9.97 Å². The maximum atomic E-state index is 10.9. The molecule has 1 heterocycles. The lowest BCUT2D eigenvalue weighted by Crippen LogP contribution is -2.30. The van der Waals surface area contributed by atoms with E-state index in [9.17, 15) is 4.79 Å². The van der Waals surface area contributed by atoms with E-state index in [0.717, 1.165) is 0 Å². The topological polar surface area (TPSA) is 111 Å². The van der Waals surface area contributed by atoms with Gasteiger partial charge in [0.15, 0.2) is 6.10 Å². The fourth-order valence-electron chi connectivity index (χ4n) is 1.44. The van der Waals surface area contributed by atoms with E-state index in [1.54, 1.807) is 31.2 Å². The van der Waals surface area contributed by atoms with Crippen molar-refractivity contribution >= 4 is 5.91 Å². The first-order valence-electron chi connectivity index (χ1n) is 6.05. The van der Waals surface area contributed by atoms with Crippen molar-refractivity contribution in [3.8, 4) is 23.4 Å². The molecule has 1 aromatic heterocycles. The number of carbonyl (C=O) groups excluding carboxylic acids is 1. The van der Waals surface area contributed by atoms with E-state index in [1.165, 1.54) is 12.4 Å². The smallest absolute Gasteiger partial charge is 0.258 e. The first kappa shape index (κ1) is 14.3. The number of ether oxygens (including phenoxy) is 2. The van der Waals surface area contributed by atoms with Gasteiger partial charge in [0.1, 0.15) is 17.6 Å². The normalized spacial score (nSPS) is 11.2. The van der Waals surface area contributed by atoms with Crippen LogP contribution in [0, 0.1) is 11.3 Å². The Morgan fingerprint density at radius 3 is 2.48 bits per heavy atom. The lowest BCUT2D eigenvalue weighted by molar-refractivity contribution is -0.123. The standard InChI is InChI=1S/C14H12N4O3/c1-9(13(16)19)20-10-2-4-11(5-3-10)21-14-12(8-15)17-6-7-18-14/h2-7,9H,1H3,(H2,16,19). The van der Waals surface area contributed by atoms with Gasteiger partial charge < -0.3 is 15.2 Å². The third-order valence-electron chi connectivity index (χ3n) is 2.52. The minimum Gasteiger partial charge on any atom is -0.481 e. The Bertz CT molecular complexity index is 679. The number of nitriles is 1. The number of rotatable bonds is 5. The minimum absolute atomic E-state index is 0.0974. The van der Waals surface area contributed by atoms with Crippen LogP contribution in [0.25, 0.3) is 0 Å². The van der Waals surface area contributed by atoms with Gasteiger partial charge in [-0.05, 0) is 31.2 Å². The van der Waals surface area contributed by atoms with Gasteiger partial charge in [-0.3, -0.25) is 4.79 Å². The Labute approximate surface area is 121 Å². The van der Waals surface area contributed by atoms with Gasteiger partial charge >= 0.3 is 0 Å². The maximum absolute atomic E-state index is 10.9. The molecule has 0 aliphatic rings. The molecule has 2 aromatic rings.